The van der Waals surface area contributed by atoms with Gasteiger partial charge < -0.3 is 9.26 Å². The third-order valence-corrected chi connectivity index (χ3v) is 2.49. The molecule has 0 spiro atoms. The van der Waals surface area contributed by atoms with Gasteiger partial charge in [0.2, 0.25) is 11.7 Å². The molecule has 1 aromatic carbocycles. The van der Waals surface area contributed by atoms with Crippen LogP contribution in [0.3, 0.4) is 0 Å². The molecule has 0 N–H and O–H groups in total. The molecule has 1 heterocycles. The first-order valence-corrected chi connectivity index (χ1v) is 6.34. The summed E-state index contributed by atoms with van der Waals surface area (Å²) in [7, 11) is 0. The van der Waals surface area contributed by atoms with Gasteiger partial charge in [0.1, 0.15) is 11.6 Å². The average molecular weight is 267 g/mol. The number of rotatable bonds is 5. The van der Waals surface area contributed by atoms with E-state index in [0.29, 0.717) is 24.2 Å². The molecule has 0 unspecified atom stereocenters. The molecule has 5 heteroatoms. The third kappa shape index (κ3) is 3.23. The molecule has 0 aliphatic heterocycles. The van der Waals surface area contributed by atoms with Crippen LogP contribution in [0.4, 0.5) is 0 Å². The number of benzene rings is 1. The SMILES string of the molecule is CC(C)COc1cccc(-c2noc(CCl)n2)c1. The molecule has 0 saturated heterocycles. The van der Waals surface area contributed by atoms with Crippen molar-refractivity contribution in [2.45, 2.75) is 19.7 Å². The van der Waals surface area contributed by atoms with Crippen molar-refractivity contribution >= 4 is 11.6 Å². The summed E-state index contributed by atoms with van der Waals surface area (Å²) in [6.07, 6.45) is 0. The van der Waals surface area contributed by atoms with Crippen LogP contribution in [0.2, 0.25) is 0 Å². The van der Waals surface area contributed by atoms with E-state index < -0.39 is 0 Å². The molecule has 0 bridgehead atoms. The van der Waals surface area contributed by atoms with Gasteiger partial charge in [0.15, 0.2) is 0 Å². The Hall–Kier alpha value is -1.55. The molecule has 0 aliphatic carbocycles. The zero-order chi connectivity index (χ0) is 13.0. The summed E-state index contributed by atoms with van der Waals surface area (Å²) in [5.74, 6) is 2.46. The molecule has 0 saturated carbocycles. The zero-order valence-corrected chi connectivity index (χ0v) is 11.1. The highest BCUT2D eigenvalue weighted by atomic mass is 35.5. The number of aromatic nitrogens is 2. The molecule has 96 valence electrons. The maximum atomic E-state index is 5.65. The molecular formula is C13H15ClN2O2. The summed E-state index contributed by atoms with van der Waals surface area (Å²) in [4.78, 5) is 4.17. The highest BCUT2D eigenvalue weighted by Crippen LogP contribution is 2.22. The lowest BCUT2D eigenvalue weighted by Crippen LogP contribution is -2.04. The smallest absolute Gasteiger partial charge is 0.241 e. The van der Waals surface area contributed by atoms with Crippen molar-refractivity contribution < 1.29 is 9.26 Å². The van der Waals surface area contributed by atoms with Gasteiger partial charge in [0.25, 0.3) is 0 Å². The van der Waals surface area contributed by atoms with Crippen LogP contribution >= 0.6 is 11.6 Å². The van der Waals surface area contributed by atoms with E-state index in [2.05, 4.69) is 24.0 Å². The Kier molecular flexibility index (Phi) is 4.20. The lowest BCUT2D eigenvalue weighted by Gasteiger charge is -2.08. The van der Waals surface area contributed by atoms with E-state index in [-0.39, 0.29) is 5.88 Å². The minimum Gasteiger partial charge on any atom is -0.493 e. The normalized spacial score (nSPS) is 10.9. The molecule has 0 atom stereocenters. The largest absolute Gasteiger partial charge is 0.493 e. The van der Waals surface area contributed by atoms with Gasteiger partial charge >= 0.3 is 0 Å². The Labute approximate surface area is 111 Å². The molecule has 2 aromatic rings. The monoisotopic (exact) mass is 266 g/mol. The minimum atomic E-state index is 0.219. The summed E-state index contributed by atoms with van der Waals surface area (Å²) < 4.78 is 10.6. The second-order valence-electron chi connectivity index (χ2n) is 4.38. The summed E-state index contributed by atoms with van der Waals surface area (Å²) in [6.45, 7) is 4.90. The second kappa shape index (κ2) is 5.87. The van der Waals surface area contributed by atoms with Crippen LogP contribution in [-0.4, -0.2) is 16.7 Å². The Morgan fingerprint density at radius 2 is 2.22 bits per heavy atom. The molecule has 18 heavy (non-hydrogen) atoms. The second-order valence-corrected chi connectivity index (χ2v) is 4.65. The van der Waals surface area contributed by atoms with Gasteiger partial charge in [-0.3, -0.25) is 0 Å². The van der Waals surface area contributed by atoms with Crippen molar-refractivity contribution in [3.05, 3.63) is 30.2 Å². The number of alkyl halides is 1. The van der Waals surface area contributed by atoms with E-state index in [0.717, 1.165) is 11.3 Å². The van der Waals surface area contributed by atoms with E-state index in [4.69, 9.17) is 20.9 Å². The topological polar surface area (TPSA) is 48.2 Å². The number of hydrogen-bond donors (Lipinski definition) is 0. The summed E-state index contributed by atoms with van der Waals surface area (Å²) in [5.41, 5.74) is 0.858. The molecular weight excluding hydrogens is 252 g/mol. The highest BCUT2D eigenvalue weighted by molar-refractivity contribution is 6.16. The number of halogens is 1. The first-order chi connectivity index (χ1) is 8.69. The van der Waals surface area contributed by atoms with Crippen LogP contribution < -0.4 is 4.74 Å². The fraction of sp³-hybridized carbons (Fsp3) is 0.385. The third-order valence-electron chi connectivity index (χ3n) is 2.26. The lowest BCUT2D eigenvalue weighted by molar-refractivity contribution is 0.271. The Morgan fingerprint density at radius 3 is 2.89 bits per heavy atom. The molecule has 4 nitrogen and oxygen atoms in total. The van der Waals surface area contributed by atoms with E-state index in [9.17, 15) is 0 Å². The molecule has 0 radical (unpaired) electrons. The van der Waals surface area contributed by atoms with Crippen molar-refractivity contribution in [1.29, 1.82) is 0 Å². The summed E-state index contributed by atoms with van der Waals surface area (Å²) in [5, 5.41) is 3.87. The van der Waals surface area contributed by atoms with Gasteiger partial charge in [0.05, 0.1) is 6.61 Å². The maximum absolute atomic E-state index is 5.65. The molecule has 2 rings (SSSR count). The molecule has 0 aliphatic rings. The summed E-state index contributed by atoms with van der Waals surface area (Å²) >= 11 is 5.62. The van der Waals surface area contributed by atoms with Gasteiger partial charge in [0, 0.05) is 5.56 Å². The lowest BCUT2D eigenvalue weighted by atomic mass is 10.2. The van der Waals surface area contributed by atoms with Gasteiger partial charge in [-0.25, -0.2) is 0 Å². The first kappa shape index (κ1) is 12.9. The van der Waals surface area contributed by atoms with Crippen molar-refractivity contribution in [2.24, 2.45) is 5.92 Å². The number of nitrogens with zero attached hydrogens (tertiary/aromatic N) is 2. The van der Waals surface area contributed by atoms with Gasteiger partial charge in [-0.15, -0.1) is 11.6 Å². The van der Waals surface area contributed by atoms with Crippen LogP contribution in [-0.2, 0) is 5.88 Å². The Balaban J connectivity index is 2.16. The van der Waals surface area contributed by atoms with E-state index in [1.165, 1.54) is 0 Å². The van der Waals surface area contributed by atoms with Crippen LogP contribution in [0.5, 0.6) is 5.75 Å². The highest BCUT2D eigenvalue weighted by Gasteiger charge is 2.08. The predicted octanol–water partition coefficient (Wildman–Crippen LogP) is 3.51. The average Bonchev–Trinajstić information content (AvgIpc) is 2.85. The van der Waals surface area contributed by atoms with Crippen molar-refractivity contribution in [1.82, 2.24) is 10.1 Å². The van der Waals surface area contributed by atoms with E-state index in [1.54, 1.807) is 0 Å². The fourth-order valence-electron chi connectivity index (χ4n) is 1.41. The standard InChI is InChI=1S/C13H15ClN2O2/c1-9(2)8-17-11-5-3-4-10(6-11)13-15-12(7-14)18-16-13/h3-6,9H,7-8H2,1-2H3. The quantitative estimate of drug-likeness (QED) is 0.777. The van der Waals surface area contributed by atoms with Crippen LogP contribution in [0.25, 0.3) is 11.4 Å². The van der Waals surface area contributed by atoms with Gasteiger partial charge in [-0.1, -0.05) is 31.1 Å². The molecule has 0 fully saturated rings. The number of hydrogen-bond acceptors (Lipinski definition) is 4. The van der Waals surface area contributed by atoms with Crippen LogP contribution in [0, 0.1) is 5.92 Å². The molecule has 0 amide bonds. The van der Waals surface area contributed by atoms with Crippen LogP contribution in [0.15, 0.2) is 28.8 Å². The predicted molar refractivity (Wildman–Crippen MR) is 69.6 cm³/mol. The molecule has 1 aromatic heterocycles. The Bertz CT molecular complexity index is 511. The maximum Gasteiger partial charge on any atom is 0.241 e. The summed E-state index contributed by atoms with van der Waals surface area (Å²) in [6, 6.07) is 7.62. The van der Waals surface area contributed by atoms with Crippen LogP contribution in [0.1, 0.15) is 19.7 Å². The van der Waals surface area contributed by atoms with Crippen molar-refractivity contribution in [2.75, 3.05) is 6.61 Å². The van der Waals surface area contributed by atoms with Gasteiger partial charge in [-0.05, 0) is 18.1 Å². The first-order valence-electron chi connectivity index (χ1n) is 5.81. The van der Waals surface area contributed by atoms with E-state index >= 15 is 0 Å². The fourth-order valence-corrected chi connectivity index (χ4v) is 1.52. The van der Waals surface area contributed by atoms with Gasteiger partial charge in [-0.2, -0.15) is 4.98 Å². The minimum absolute atomic E-state index is 0.219. The van der Waals surface area contributed by atoms with Crippen molar-refractivity contribution in [3.63, 3.8) is 0 Å². The van der Waals surface area contributed by atoms with E-state index in [1.807, 2.05) is 24.3 Å². The number of ether oxygens (including phenoxy) is 1. The van der Waals surface area contributed by atoms with Crippen molar-refractivity contribution in [3.8, 4) is 17.1 Å². The zero-order valence-electron chi connectivity index (χ0n) is 10.4. The Morgan fingerprint density at radius 1 is 1.39 bits per heavy atom.